The molecule has 0 saturated carbocycles. The van der Waals surface area contributed by atoms with Crippen LogP contribution >= 0.6 is 0 Å². The van der Waals surface area contributed by atoms with E-state index in [2.05, 4.69) is 32.1 Å². The molecule has 0 amide bonds. The van der Waals surface area contributed by atoms with Gasteiger partial charge in [-0.15, -0.1) is 0 Å². The second-order valence-corrected chi connectivity index (χ2v) is 5.26. The number of rotatable bonds is 1. The van der Waals surface area contributed by atoms with Gasteiger partial charge >= 0.3 is 0 Å². The monoisotopic (exact) mass is 298 g/mol. The smallest absolute Gasteiger partial charge is 0.230 e. The summed E-state index contributed by atoms with van der Waals surface area (Å²) < 4.78 is 5.81. The van der Waals surface area contributed by atoms with Crippen LogP contribution in [0.4, 0.5) is 0 Å². The van der Waals surface area contributed by atoms with Crippen LogP contribution in [0.25, 0.3) is 44.2 Å². The van der Waals surface area contributed by atoms with Gasteiger partial charge < -0.3 is 4.42 Å². The van der Waals surface area contributed by atoms with E-state index >= 15 is 0 Å². The molecule has 0 N–H and O–H groups in total. The third kappa shape index (κ3) is 1.73. The van der Waals surface area contributed by atoms with E-state index in [1.807, 2.05) is 24.3 Å². The molecule has 4 aromatic heterocycles. The molecule has 5 nitrogen and oxygen atoms in total. The molecule has 0 aliphatic rings. The van der Waals surface area contributed by atoms with Gasteiger partial charge in [0.25, 0.3) is 0 Å². The zero-order chi connectivity index (χ0) is 15.2. The fourth-order valence-electron chi connectivity index (χ4n) is 2.95. The van der Waals surface area contributed by atoms with Crippen molar-refractivity contribution < 1.29 is 4.42 Å². The van der Waals surface area contributed by atoms with E-state index in [0.29, 0.717) is 5.71 Å². The van der Waals surface area contributed by atoms with Crippen molar-refractivity contribution in [3.63, 3.8) is 0 Å². The van der Waals surface area contributed by atoms with Gasteiger partial charge in [-0.1, -0.05) is 24.3 Å². The van der Waals surface area contributed by atoms with Crippen molar-refractivity contribution in [2.45, 2.75) is 0 Å². The molecule has 0 bridgehead atoms. The van der Waals surface area contributed by atoms with Crippen LogP contribution in [-0.4, -0.2) is 19.9 Å². The van der Waals surface area contributed by atoms with Gasteiger partial charge in [-0.25, -0.2) is 9.97 Å². The van der Waals surface area contributed by atoms with Crippen molar-refractivity contribution in [3.05, 3.63) is 61.3 Å². The van der Waals surface area contributed by atoms with Gasteiger partial charge in [0.15, 0.2) is 0 Å². The Morgan fingerprint density at radius 2 is 1.65 bits per heavy atom. The zero-order valence-corrected chi connectivity index (χ0v) is 12.0. The highest BCUT2D eigenvalue weighted by atomic mass is 16.3. The zero-order valence-electron chi connectivity index (χ0n) is 12.0. The average Bonchev–Trinajstić information content (AvgIpc) is 3.00. The molecule has 0 radical (unpaired) electrons. The van der Waals surface area contributed by atoms with E-state index in [9.17, 15) is 0 Å². The minimum absolute atomic E-state index is 0.560. The van der Waals surface area contributed by atoms with Gasteiger partial charge in [0.1, 0.15) is 17.6 Å². The van der Waals surface area contributed by atoms with Gasteiger partial charge in [0.2, 0.25) is 5.71 Å². The number of pyridine rings is 2. The van der Waals surface area contributed by atoms with Crippen molar-refractivity contribution >= 4 is 32.8 Å². The van der Waals surface area contributed by atoms with Crippen molar-refractivity contribution in [2.24, 2.45) is 0 Å². The second kappa shape index (κ2) is 4.58. The first-order valence-electron chi connectivity index (χ1n) is 7.23. The number of nitrogens with zero attached hydrogens (tertiary/aromatic N) is 4. The van der Waals surface area contributed by atoms with E-state index in [4.69, 9.17) is 4.42 Å². The molecule has 4 heterocycles. The molecular weight excluding hydrogens is 288 g/mol. The summed E-state index contributed by atoms with van der Waals surface area (Å²) in [5.74, 6) is 0. The lowest BCUT2D eigenvalue weighted by atomic mass is 10.0. The van der Waals surface area contributed by atoms with E-state index < -0.39 is 0 Å². The van der Waals surface area contributed by atoms with Crippen molar-refractivity contribution in [1.82, 2.24) is 19.9 Å². The Bertz CT molecular complexity index is 1170. The highest BCUT2D eigenvalue weighted by Crippen LogP contribution is 2.35. The molecule has 23 heavy (non-hydrogen) atoms. The Balaban J connectivity index is 1.96. The summed E-state index contributed by atoms with van der Waals surface area (Å²) in [5, 5.41) is 3.92. The Morgan fingerprint density at radius 3 is 2.65 bits per heavy atom. The molecule has 5 rings (SSSR count). The van der Waals surface area contributed by atoms with E-state index in [1.165, 1.54) is 6.33 Å². The van der Waals surface area contributed by atoms with Crippen LogP contribution in [0.1, 0.15) is 0 Å². The van der Waals surface area contributed by atoms with Gasteiger partial charge in [-0.2, -0.15) is 0 Å². The number of benzene rings is 1. The lowest BCUT2D eigenvalue weighted by Crippen LogP contribution is -1.90. The molecular formula is C18H10N4O. The van der Waals surface area contributed by atoms with Crippen molar-refractivity contribution in [3.8, 4) is 11.4 Å². The molecule has 0 atom stereocenters. The maximum atomic E-state index is 5.81. The molecule has 0 aliphatic carbocycles. The first-order valence-corrected chi connectivity index (χ1v) is 7.23. The Hall–Kier alpha value is -3.34. The summed E-state index contributed by atoms with van der Waals surface area (Å²) in [5.41, 5.74) is 2.91. The fourth-order valence-corrected chi connectivity index (χ4v) is 2.95. The molecule has 108 valence electrons. The molecule has 0 saturated heterocycles. The quantitative estimate of drug-likeness (QED) is 0.468. The predicted molar refractivity (Wildman–Crippen MR) is 87.8 cm³/mol. The topological polar surface area (TPSA) is 64.7 Å². The maximum absolute atomic E-state index is 5.81. The van der Waals surface area contributed by atoms with Crippen LogP contribution in [0.5, 0.6) is 0 Å². The molecule has 5 heteroatoms. The lowest BCUT2D eigenvalue weighted by Gasteiger charge is -2.06. The average molecular weight is 298 g/mol. The summed E-state index contributed by atoms with van der Waals surface area (Å²) in [7, 11) is 0. The molecule has 1 aromatic carbocycles. The van der Waals surface area contributed by atoms with Crippen molar-refractivity contribution in [2.75, 3.05) is 0 Å². The number of fused-ring (bicyclic) bond motifs is 4. The highest BCUT2D eigenvalue weighted by molar-refractivity contribution is 6.12. The van der Waals surface area contributed by atoms with Crippen LogP contribution in [0.3, 0.4) is 0 Å². The predicted octanol–water partition coefficient (Wildman–Crippen LogP) is 3.99. The second-order valence-electron chi connectivity index (χ2n) is 5.26. The van der Waals surface area contributed by atoms with E-state index in [1.54, 1.807) is 18.6 Å². The summed E-state index contributed by atoms with van der Waals surface area (Å²) in [6, 6.07) is 12.0. The number of furan rings is 1. The Labute approximate surface area is 130 Å². The standard InChI is InChI=1S/C18H10N4O/c1-2-4-12-11(3-1)5-7-20-16(12)17-15-13-9-19-10-22-18(13)23-14(15)6-8-21-17/h1-10H. The first kappa shape index (κ1) is 12.2. The summed E-state index contributed by atoms with van der Waals surface area (Å²) >= 11 is 0. The summed E-state index contributed by atoms with van der Waals surface area (Å²) in [6.07, 6.45) is 6.77. The Kier molecular flexibility index (Phi) is 2.43. The van der Waals surface area contributed by atoms with Gasteiger partial charge in [0.05, 0.1) is 16.5 Å². The highest BCUT2D eigenvalue weighted by Gasteiger charge is 2.16. The minimum atomic E-state index is 0.560. The van der Waals surface area contributed by atoms with Crippen LogP contribution in [0.15, 0.2) is 65.7 Å². The van der Waals surface area contributed by atoms with Crippen LogP contribution < -0.4 is 0 Å². The van der Waals surface area contributed by atoms with Gasteiger partial charge in [0, 0.05) is 24.0 Å². The van der Waals surface area contributed by atoms with Crippen LogP contribution in [0, 0.1) is 0 Å². The largest absolute Gasteiger partial charge is 0.437 e. The van der Waals surface area contributed by atoms with E-state index in [-0.39, 0.29) is 0 Å². The van der Waals surface area contributed by atoms with Crippen LogP contribution in [0.2, 0.25) is 0 Å². The maximum Gasteiger partial charge on any atom is 0.230 e. The van der Waals surface area contributed by atoms with Gasteiger partial charge in [-0.05, 0) is 17.5 Å². The lowest BCUT2D eigenvalue weighted by molar-refractivity contribution is 0.652. The SMILES string of the molecule is c1ccc2c(-c3nccc4oc5ncncc5c34)nccc2c1. The number of aromatic nitrogens is 4. The molecule has 0 spiro atoms. The molecule has 0 fully saturated rings. The molecule has 0 aliphatic heterocycles. The normalized spacial score (nSPS) is 11.5. The number of hydrogen-bond acceptors (Lipinski definition) is 5. The molecule has 5 aromatic rings. The van der Waals surface area contributed by atoms with Crippen LogP contribution in [-0.2, 0) is 0 Å². The van der Waals surface area contributed by atoms with Gasteiger partial charge in [-0.3, -0.25) is 9.97 Å². The summed E-state index contributed by atoms with van der Waals surface area (Å²) in [6.45, 7) is 0. The number of hydrogen-bond donors (Lipinski definition) is 0. The minimum Gasteiger partial charge on any atom is -0.437 e. The third-order valence-electron chi connectivity index (χ3n) is 3.96. The summed E-state index contributed by atoms with van der Waals surface area (Å²) in [4.78, 5) is 17.4. The Morgan fingerprint density at radius 1 is 0.783 bits per heavy atom. The van der Waals surface area contributed by atoms with Crippen molar-refractivity contribution in [1.29, 1.82) is 0 Å². The first-order chi connectivity index (χ1) is 11.4. The van der Waals surface area contributed by atoms with E-state index in [0.717, 1.165) is 38.5 Å². The molecule has 0 unspecified atom stereocenters. The third-order valence-corrected chi connectivity index (χ3v) is 3.96. The fraction of sp³-hybridized carbons (Fsp3) is 0.